The van der Waals surface area contributed by atoms with Crippen molar-refractivity contribution in [2.24, 2.45) is 5.73 Å². The lowest BCUT2D eigenvalue weighted by Gasteiger charge is -2.05. The Balaban J connectivity index is 1.77. The Morgan fingerprint density at radius 2 is 1.67 bits per heavy atom. The van der Waals surface area contributed by atoms with E-state index in [2.05, 4.69) is 15.4 Å². The normalized spacial score (nSPS) is 10.4. The number of esters is 1. The Hall–Kier alpha value is -3.48. The van der Waals surface area contributed by atoms with E-state index in [0.717, 1.165) is 5.56 Å². The van der Waals surface area contributed by atoms with E-state index in [1.54, 1.807) is 36.4 Å². The molecule has 0 aliphatic heterocycles. The van der Waals surface area contributed by atoms with Crippen molar-refractivity contribution in [1.82, 2.24) is 15.4 Å². The summed E-state index contributed by atoms with van der Waals surface area (Å²) in [7, 11) is 0. The zero-order valence-corrected chi connectivity index (χ0v) is 12.8. The van der Waals surface area contributed by atoms with Crippen LogP contribution in [0.1, 0.15) is 26.4 Å². The Morgan fingerprint density at radius 1 is 1.00 bits per heavy atom. The number of nitrogens with zero attached hydrogens (tertiary/aromatic N) is 2. The van der Waals surface area contributed by atoms with Gasteiger partial charge in [0.25, 0.3) is 5.91 Å². The number of nitrogens with two attached hydrogens (primary N) is 1. The van der Waals surface area contributed by atoms with E-state index < -0.39 is 11.9 Å². The number of primary amides is 1. The van der Waals surface area contributed by atoms with Crippen LogP contribution in [-0.4, -0.2) is 27.3 Å². The summed E-state index contributed by atoms with van der Waals surface area (Å²) in [6, 6.07) is 13.7. The van der Waals surface area contributed by atoms with Crippen LogP contribution in [0.4, 0.5) is 0 Å². The largest absolute Gasteiger partial charge is 0.423 e. The Morgan fingerprint density at radius 3 is 2.29 bits per heavy atom. The number of rotatable bonds is 4. The maximum absolute atomic E-state index is 12.1. The molecule has 1 amide bonds. The van der Waals surface area contributed by atoms with Gasteiger partial charge in [-0.3, -0.25) is 4.79 Å². The Labute approximate surface area is 137 Å². The second kappa shape index (κ2) is 6.33. The van der Waals surface area contributed by atoms with E-state index in [-0.39, 0.29) is 5.69 Å². The van der Waals surface area contributed by atoms with Gasteiger partial charge in [-0.1, -0.05) is 17.7 Å². The number of carbonyl (C=O) groups excluding carboxylic acids is 2. The van der Waals surface area contributed by atoms with Crippen LogP contribution >= 0.6 is 0 Å². The standard InChI is InChI=1S/C17H14N4O3/c1-10-2-4-12(5-3-10)17(23)24-13-8-6-11(7-9-13)14-15(16(18)22)20-21-19-14/h2-9H,1H3,(H2,18,22)(H,19,20,21). The molecule has 1 heterocycles. The third-order valence-corrected chi connectivity index (χ3v) is 3.41. The van der Waals surface area contributed by atoms with Gasteiger partial charge < -0.3 is 10.5 Å². The molecule has 0 atom stereocenters. The van der Waals surface area contributed by atoms with Crippen LogP contribution in [0.2, 0.25) is 0 Å². The number of ether oxygens (including phenoxy) is 1. The minimum atomic E-state index is -0.673. The summed E-state index contributed by atoms with van der Waals surface area (Å²) in [5, 5.41) is 9.99. The molecule has 1 aromatic heterocycles. The van der Waals surface area contributed by atoms with Gasteiger partial charge in [-0.25, -0.2) is 4.79 Å². The zero-order chi connectivity index (χ0) is 17.1. The van der Waals surface area contributed by atoms with Crippen molar-refractivity contribution in [1.29, 1.82) is 0 Å². The summed E-state index contributed by atoms with van der Waals surface area (Å²) >= 11 is 0. The van der Waals surface area contributed by atoms with Crippen molar-refractivity contribution < 1.29 is 14.3 Å². The van der Waals surface area contributed by atoms with Gasteiger partial charge in [0.1, 0.15) is 11.4 Å². The summed E-state index contributed by atoms with van der Waals surface area (Å²) in [6.07, 6.45) is 0. The van der Waals surface area contributed by atoms with Gasteiger partial charge in [0.05, 0.1) is 5.56 Å². The number of hydrogen-bond donors (Lipinski definition) is 2. The van der Waals surface area contributed by atoms with E-state index >= 15 is 0 Å². The van der Waals surface area contributed by atoms with Crippen LogP contribution in [0.5, 0.6) is 5.75 Å². The van der Waals surface area contributed by atoms with Crippen LogP contribution in [-0.2, 0) is 0 Å². The highest BCUT2D eigenvalue weighted by Crippen LogP contribution is 2.23. The summed E-state index contributed by atoms with van der Waals surface area (Å²) in [5.74, 6) is -0.732. The minimum Gasteiger partial charge on any atom is -0.423 e. The number of aromatic nitrogens is 3. The second-order valence-corrected chi connectivity index (χ2v) is 5.16. The van der Waals surface area contributed by atoms with Crippen molar-refractivity contribution in [2.45, 2.75) is 6.92 Å². The van der Waals surface area contributed by atoms with Crippen LogP contribution in [0, 0.1) is 6.92 Å². The number of benzene rings is 2. The van der Waals surface area contributed by atoms with Gasteiger partial charge in [-0.2, -0.15) is 15.4 Å². The molecule has 7 nitrogen and oxygen atoms in total. The van der Waals surface area contributed by atoms with Crippen molar-refractivity contribution in [3.8, 4) is 17.0 Å². The highest BCUT2D eigenvalue weighted by Gasteiger charge is 2.15. The quantitative estimate of drug-likeness (QED) is 0.564. The van der Waals surface area contributed by atoms with Gasteiger partial charge in [0, 0.05) is 5.56 Å². The first-order valence-corrected chi connectivity index (χ1v) is 7.14. The van der Waals surface area contributed by atoms with Crippen molar-refractivity contribution in [3.63, 3.8) is 0 Å². The molecule has 0 saturated heterocycles. The van der Waals surface area contributed by atoms with E-state index in [0.29, 0.717) is 22.6 Å². The summed E-state index contributed by atoms with van der Waals surface area (Å²) in [4.78, 5) is 23.4. The average molecular weight is 322 g/mol. The molecule has 0 unspecified atom stereocenters. The molecule has 0 fully saturated rings. The Bertz CT molecular complexity index is 883. The van der Waals surface area contributed by atoms with Gasteiger partial charge in [0.2, 0.25) is 0 Å². The molecule has 0 bridgehead atoms. The first-order valence-electron chi connectivity index (χ1n) is 7.14. The topological polar surface area (TPSA) is 111 Å². The first kappa shape index (κ1) is 15.4. The fourth-order valence-electron chi connectivity index (χ4n) is 2.14. The molecule has 2 aromatic carbocycles. The number of amides is 1. The lowest BCUT2D eigenvalue weighted by molar-refractivity contribution is 0.0734. The molecule has 0 aliphatic rings. The molecule has 0 spiro atoms. The third-order valence-electron chi connectivity index (χ3n) is 3.41. The molecule has 7 heteroatoms. The molecular formula is C17H14N4O3. The molecule has 3 rings (SSSR count). The van der Waals surface area contributed by atoms with E-state index in [4.69, 9.17) is 10.5 Å². The number of aromatic amines is 1. The van der Waals surface area contributed by atoms with Crippen LogP contribution in [0.15, 0.2) is 48.5 Å². The lowest BCUT2D eigenvalue weighted by atomic mass is 10.1. The number of aryl methyl sites for hydroxylation is 1. The molecule has 120 valence electrons. The zero-order valence-electron chi connectivity index (χ0n) is 12.8. The number of nitrogens with one attached hydrogen (secondary N) is 1. The SMILES string of the molecule is Cc1ccc(C(=O)Oc2ccc(-c3n[nH]nc3C(N)=O)cc2)cc1. The highest BCUT2D eigenvalue weighted by molar-refractivity contribution is 5.96. The summed E-state index contributed by atoms with van der Waals surface area (Å²) in [6.45, 7) is 1.94. The van der Waals surface area contributed by atoms with Gasteiger partial charge in [-0.15, -0.1) is 0 Å². The van der Waals surface area contributed by atoms with Crippen molar-refractivity contribution in [3.05, 3.63) is 65.4 Å². The molecule has 0 aliphatic carbocycles. The second-order valence-electron chi connectivity index (χ2n) is 5.16. The fraction of sp³-hybridized carbons (Fsp3) is 0.0588. The van der Waals surface area contributed by atoms with Gasteiger partial charge >= 0.3 is 5.97 Å². The van der Waals surface area contributed by atoms with Crippen LogP contribution in [0.25, 0.3) is 11.3 Å². The van der Waals surface area contributed by atoms with Crippen molar-refractivity contribution >= 4 is 11.9 Å². The molecule has 24 heavy (non-hydrogen) atoms. The number of hydrogen-bond acceptors (Lipinski definition) is 5. The highest BCUT2D eigenvalue weighted by atomic mass is 16.5. The molecular weight excluding hydrogens is 308 g/mol. The van der Waals surface area contributed by atoms with E-state index in [1.165, 1.54) is 0 Å². The molecule has 0 radical (unpaired) electrons. The van der Waals surface area contributed by atoms with Crippen LogP contribution in [0.3, 0.4) is 0 Å². The Kier molecular flexibility index (Phi) is 4.07. The summed E-state index contributed by atoms with van der Waals surface area (Å²) < 4.78 is 5.32. The number of H-pyrrole nitrogens is 1. The number of carbonyl (C=O) groups is 2. The molecule has 0 saturated carbocycles. The van der Waals surface area contributed by atoms with Gasteiger partial charge in [0.15, 0.2) is 5.69 Å². The monoisotopic (exact) mass is 322 g/mol. The maximum Gasteiger partial charge on any atom is 0.343 e. The fourth-order valence-corrected chi connectivity index (χ4v) is 2.14. The molecule has 3 N–H and O–H groups in total. The summed E-state index contributed by atoms with van der Waals surface area (Å²) in [5.41, 5.74) is 7.80. The first-order chi connectivity index (χ1) is 11.5. The van der Waals surface area contributed by atoms with E-state index in [9.17, 15) is 9.59 Å². The lowest BCUT2D eigenvalue weighted by Crippen LogP contribution is -2.12. The predicted octanol–water partition coefficient (Wildman–Crippen LogP) is 2.10. The van der Waals surface area contributed by atoms with Crippen molar-refractivity contribution in [2.75, 3.05) is 0 Å². The third kappa shape index (κ3) is 3.14. The van der Waals surface area contributed by atoms with Gasteiger partial charge in [-0.05, 0) is 43.3 Å². The molecule has 3 aromatic rings. The maximum atomic E-state index is 12.1. The minimum absolute atomic E-state index is 0.0550. The van der Waals surface area contributed by atoms with Crippen LogP contribution < -0.4 is 10.5 Å². The average Bonchev–Trinajstić information content (AvgIpc) is 3.06. The smallest absolute Gasteiger partial charge is 0.343 e. The van der Waals surface area contributed by atoms with E-state index in [1.807, 2.05) is 19.1 Å². The predicted molar refractivity (Wildman–Crippen MR) is 86.5 cm³/mol.